The summed E-state index contributed by atoms with van der Waals surface area (Å²) in [7, 11) is 1.71. The van der Waals surface area contributed by atoms with Gasteiger partial charge in [-0.05, 0) is 29.7 Å². The highest BCUT2D eigenvalue weighted by Gasteiger charge is 2.06. The maximum Gasteiger partial charge on any atom is 0.419 e. The molecule has 3 nitrogen and oxygen atoms in total. The summed E-state index contributed by atoms with van der Waals surface area (Å²) in [6.07, 6.45) is 0.843. The molecular weight excluding hydrogens is 226 g/mol. The van der Waals surface area contributed by atoms with Crippen LogP contribution in [0.15, 0.2) is 57.7 Å². The molecule has 0 saturated heterocycles. The van der Waals surface area contributed by atoms with E-state index >= 15 is 0 Å². The van der Waals surface area contributed by atoms with Crippen molar-refractivity contribution in [2.45, 2.75) is 6.42 Å². The molecule has 3 heteroatoms. The fraction of sp³-hybridized carbons (Fsp3) is 0.133. The fourth-order valence-corrected chi connectivity index (χ4v) is 2.12. The average Bonchev–Trinajstić information content (AvgIpc) is 2.66. The third kappa shape index (κ3) is 1.84. The van der Waals surface area contributed by atoms with Gasteiger partial charge in [0.1, 0.15) is 0 Å². The lowest BCUT2D eigenvalue weighted by molar-refractivity contribution is 0.528. The first kappa shape index (κ1) is 10.8. The molecule has 2 aromatic carbocycles. The van der Waals surface area contributed by atoms with Crippen LogP contribution in [0, 0.1) is 0 Å². The summed E-state index contributed by atoms with van der Waals surface area (Å²) in [5.41, 5.74) is 3.87. The number of oxazole rings is 1. The van der Waals surface area contributed by atoms with Crippen LogP contribution in [0.2, 0.25) is 0 Å². The lowest BCUT2D eigenvalue weighted by atomic mass is 10.0. The number of aromatic nitrogens is 1. The van der Waals surface area contributed by atoms with E-state index in [-0.39, 0.29) is 5.76 Å². The van der Waals surface area contributed by atoms with E-state index in [4.69, 9.17) is 4.42 Å². The largest absolute Gasteiger partial charge is 0.419 e. The zero-order chi connectivity index (χ0) is 12.5. The number of benzene rings is 2. The monoisotopic (exact) mass is 239 g/mol. The SMILES string of the molecule is Cn1c(=O)oc2cc(Cc3ccccc3)ccc21. The van der Waals surface area contributed by atoms with E-state index in [2.05, 4.69) is 12.1 Å². The van der Waals surface area contributed by atoms with Crippen molar-refractivity contribution in [3.8, 4) is 0 Å². The third-order valence-corrected chi connectivity index (χ3v) is 3.11. The van der Waals surface area contributed by atoms with Crippen LogP contribution >= 0.6 is 0 Å². The van der Waals surface area contributed by atoms with E-state index in [1.165, 1.54) is 10.1 Å². The summed E-state index contributed by atoms with van der Waals surface area (Å²) >= 11 is 0. The normalized spacial score (nSPS) is 10.9. The second kappa shape index (κ2) is 4.18. The highest BCUT2D eigenvalue weighted by molar-refractivity contribution is 5.73. The van der Waals surface area contributed by atoms with E-state index in [1.54, 1.807) is 7.05 Å². The van der Waals surface area contributed by atoms with Crippen LogP contribution in [0.25, 0.3) is 11.1 Å². The van der Waals surface area contributed by atoms with Gasteiger partial charge in [-0.15, -0.1) is 0 Å². The molecule has 0 atom stereocenters. The molecular formula is C15H13NO2. The van der Waals surface area contributed by atoms with Gasteiger partial charge in [-0.2, -0.15) is 0 Å². The number of hydrogen-bond acceptors (Lipinski definition) is 2. The average molecular weight is 239 g/mol. The Labute approximate surface area is 104 Å². The Morgan fingerprint density at radius 1 is 1.06 bits per heavy atom. The lowest BCUT2D eigenvalue weighted by Crippen LogP contribution is -2.08. The number of rotatable bonds is 2. The third-order valence-electron chi connectivity index (χ3n) is 3.11. The zero-order valence-corrected chi connectivity index (χ0v) is 10.1. The van der Waals surface area contributed by atoms with Gasteiger partial charge in [0, 0.05) is 7.05 Å². The summed E-state index contributed by atoms with van der Waals surface area (Å²) in [4.78, 5) is 11.4. The minimum Gasteiger partial charge on any atom is -0.408 e. The summed E-state index contributed by atoms with van der Waals surface area (Å²) < 4.78 is 6.70. The molecule has 3 aromatic rings. The van der Waals surface area contributed by atoms with Gasteiger partial charge < -0.3 is 4.42 Å². The molecule has 3 rings (SSSR count). The van der Waals surface area contributed by atoms with Crippen molar-refractivity contribution in [3.05, 3.63) is 70.2 Å². The molecule has 0 amide bonds. The van der Waals surface area contributed by atoms with Crippen molar-refractivity contribution in [1.82, 2.24) is 4.57 Å². The quantitative estimate of drug-likeness (QED) is 0.689. The predicted octanol–water partition coefficient (Wildman–Crippen LogP) is 2.72. The molecule has 0 aliphatic carbocycles. The summed E-state index contributed by atoms with van der Waals surface area (Å²) in [6.45, 7) is 0. The van der Waals surface area contributed by atoms with Gasteiger partial charge in [0.15, 0.2) is 5.58 Å². The highest BCUT2D eigenvalue weighted by atomic mass is 16.4. The van der Waals surface area contributed by atoms with Gasteiger partial charge >= 0.3 is 5.76 Å². The molecule has 0 bridgehead atoms. The van der Waals surface area contributed by atoms with Crippen LogP contribution in [0.3, 0.4) is 0 Å². The molecule has 0 aliphatic heterocycles. The van der Waals surface area contributed by atoms with E-state index in [0.717, 1.165) is 17.5 Å². The van der Waals surface area contributed by atoms with Crippen molar-refractivity contribution in [3.63, 3.8) is 0 Å². The van der Waals surface area contributed by atoms with Crippen LogP contribution < -0.4 is 5.76 Å². The lowest BCUT2D eigenvalue weighted by Gasteiger charge is -2.01. The Kier molecular flexibility index (Phi) is 2.52. The highest BCUT2D eigenvalue weighted by Crippen LogP contribution is 2.16. The van der Waals surface area contributed by atoms with Crippen LogP contribution in [-0.4, -0.2) is 4.57 Å². The van der Waals surface area contributed by atoms with Crippen LogP contribution in [0.4, 0.5) is 0 Å². The maximum absolute atomic E-state index is 11.4. The molecule has 18 heavy (non-hydrogen) atoms. The van der Waals surface area contributed by atoms with E-state index < -0.39 is 0 Å². The molecule has 0 saturated carbocycles. The number of hydrogen-bond donors (Lipinski definition) is 0. The Hall–Kier alpha value is -2.29. The maximum atomic E-state index is 11.4. The molecule has 0 unspecified atom stereocenters. The smallest absolute Gasteiger partial charge is 0.408 e. The molecule has 1 heterocycles. The van der Waals surface area contributed by atoms with Crippen molar-refractivity contribution in [2.75, 3.05) is 0 Å². The second-order valence-corrected chi connectivity index (χ2v) is 4.39. The van der Waals surface area contributed by atoms with Crippen molar-refractivity contribution in [1.29, 1.82) is 0 Å². The van der Waals surface area contributed by atoms with Crippen LogP contribution in [0.5, 0.6) is 0 Å². The van der Waals surface area contributed by atoms with Gasteiger partial charge in [-0.3, -0.25) is 4.57 Å². The first-order valence-corrected chi connectivity index (χ1v) is 5.86. The summed E-state index contributed by atoms with van der Waals surface area (Å²) in [6, 6.07) is 16.1. The van der Waals surface area contributed by atoms with Gasteiger partial charge in [0.05, 0.1) is 5.52 Å². The van der Waals surface area contributed by atoms with Crippen LogP contribution in [0.1, 0.15) is 11.1 Å². The number of nitrogens with zero attached hydrogens (tertiary/aromatic N) is 1. The Morgan fingerprint density at radius 3 is 2.61 bits per heavy atom. The standard InChI is InChI=1S/C15H13NO2/c1-16-13-8-7-12(10-14(13)18-15(16)17)9-11-5-3-2-4-6-11/h2-8,10H,9H2,1H3. The molecule has 0 radical (unpaired) electrons. The van der Waals surface area contributed by atoms with Crippen LogP contribution in [-0.2, 0) is 13.5 Å². The molecule has 0 N–H and O–H groups in total. The topological polar surface area (TPSA) is 35.1 Å². The van der Waals surface area contributed by atoms with Crippen molar-refractivity contribution < 1.29 is 4.42 Å². The Balaban J connectivity index is 2.01. The molecule has 90 valence electrons. The number of aryl methyl sites for hydroxylation is 1. The molecule has 0 fully saturated rings. The van der Waals surface area contributed by atoms with Gasteiger partial charge in [0.25, 0.3) is 0 Å². The predicted molar refractivity (Wildman–Crippen MR) is 70.7 cm³/mol. The first-order chi connectivity index (χ1) is 8.74. The Morgan fingerprint density at radius 2 is 1.83 bits per heavy atom. The summed E-state index contributed by atoms with van der Waals surface area (Å²) in [5.74, 6) is -0.318. The van der Waals surface area contributed by atoms with Crippen molar-refractivity contribution >= 4 is 11.1 Å². The zero-order valence-electron chi connectivity index (χ0n) is 10.1. The first-order valence-electron chi connectivity index (χ1n) is 5.86. The second-order valence-electron chi connectivity index (χ2n) is 4.39. The summed E-state index contributed by atoms with van der Waals surface area (Å²) in [5, 5.41) is 0. The van der Waals surface area contributed by atoms with E-state index in [9.17, 15) is 4.79 Å². The van der Waals surface area contributed by atoms with Crippen molar-refractivity contribution in [2.24, 2.45) is 7.05 Å². The Bertz CT molecular complexity index is 738. The molecule has 1 aromatic heterocycles. The number of fused-ring (bicyclic) bond motifs is 1. The van der Waals surface area contributed by atoms with Gasteiger partial charge in [-0.1, -0.05) is 36.4 Å². The van der Waals surface area contributed by atoms with Gasteiger partial charge in [-0.25, -0.2) is 4.79 Å². The fourth-order valence-electron chi connectivity index (χ4n) is 2.12. The van der Waals surface area contributed by atoms with E-state index in [1.807, 2.05) is 36.4 Å². The van der Waals surface area contributed by atoms with E-state index in [0.29, 0.717) is 5.58 Å². The minimum atomic E-state index is -0.318. The van der Waals surface area contributed by atoms with Gasteiger partial charge in [0.2, 0.25) is 0 Å². The molecule has 0 spiro atoms. The minimum absolute atomic E-state index is 0.318. The molecule has 0 aliphatic rings.